The van der Waals surface area contributed by atoms with E-state index in [9.17, 15) is 4.79 Å². The van der Waals surface area contributed by atoms with Crippen molar-refractivity contribution in [3.63, 3.8) is 0 Å². The molecule has 1 aromatic heterocycles. The first-order chi connectivity index (χ1) is 13.7. The number of rotatable bonds is 9. The van der Waals surface area contributed by atoms with Crippen LogP contribution in [0.3, 0.4) is 0 Å². The molecule has 0 atom stereocenters. The molecule has 0 aliphatic rings. The molecule has 1 amide bonds. The van der Waals surface area contributed by atoms with Crippen molar-refractivity contribution in [2.45, 2.75) is 13.5 Å². The van der Waals surface area contributed by atoms with Gasteiger partial charge >= 0.3 is 0 Å². The summed E-state index contributed by atoms with van der Waals surface area (Å²) in [4.78, 5) is 12.5. The molecule has 1 heterocycles. The Morgan fingerprint density at radius 2 is 1.89 bits per heavy atom. The van der Waals surface area contributed by atoms with Gasteiger partial charge in [0, 0.05) is 22.3 Å². The van der Waals surface area contributed by atoms with Crippen molar-refractivity contribution in [1.82, 2.24) is 10.2 Å². The maximum atomic E-state index is 12.5. The Balaban J connectivity index is 1.59. The van der Waals surface area contributed by atoms with Gasteiger partial charge in [0.25, 0.3) is 5.91 Å². The minimum Gasteiger partial charge on any atom is -0.379 e. The Hall–Kier alpha value is -2.48. The Labute approximate surface area is 172 Å². The highest BCUT2D eigenvalue weighted by Crippen LogP contribution is 2.21. The molecule has 0 unspecified atom stereocenters. The number of nitrogens with zero attached hydrogens (tertiary/aromatic N) is 1. The van der Waals surface area contributed by atoms with Gasteiger partial charge < -0.3 is 14.8 Å². The Bertz CT molecular complexity index is 909. The lowest BCUT2D eigenvalue weighted by molar-refractivity contribution is 0.0453. The number of aromatic nitrogens is 2. The van der Waals surface area contributed by atoms with Gasteiger partial charge in [0.1, 0.15) is 5.69 Å². The number of H-pyrrole nitrogens is 1. The maximum absolute atomic E-state index is 12.5. The molecular weight excluding hydrogens is 422 g/mol. The first kappa shape index (κ1) is 20.3. The van der Waals surface area contributed by atoms with Crippen LogP contribution in [0.1, 0.15) is 23.0 Å². The molecule has 2 aromatic carbocycles. The van der Waals surface area contributed by atoms with E-state index in [4.69, 9.17) is 9.47 Å². The number of hydrogen-bond donors (Lipinski definition) is 2. The second kappa shape index (κ2) is 10.2. The largest absolute Gasteiger partial charge is 0.379 e. The van der Waals surface area contributed by atoms with Gasteiger partial charge in [-0.1, -0.05) is 40.2 Å². The van der Waals surface area contributed by atoms with Gasteiger partial charge in [-0.15, -0.1) is 0 Å². The van der Waals surface area contributed by atoms with E-state index >= 15 is 0 Å². The SMILES string of the molecule is CCOCCOCc1cccc(NC(=O)c2cc(-c3ccc(Br)cc3)n[nH]2)c1. The molecule has 0 aliphatic carbocycles. The van der Waals surface area contributed by atoms with Crippen LogP contribution in [0, 0.1) is 0 Å². The average molecular weight is 444 g/mol. The van der Waals surface area contributed by atoms with Crippen LogP contribution in [0.4, 0.5) is 5.69 Å². The van der Waals surface area contributed by atoms with Gasteiger partial charge in [0.15, 0.2) is 0 Å². The van der Waals surface area contributed by atoms with Crippen LogP contribution in [-0.2, 0) is 16.1 Å². The fourth-order valence-electron chi connectivity index (χ4n) is 2.60. The number of carbonyl (C=O) groups is 1. The maximum Gasteiger partial charge on any atom is 0.273 e. The van der Waals surface area contributed by atoms with Crippen LogP contribution >= 0.6 is 15.9 Å². The standard InChI is InChI=1S/C21H22BrN3O3/c1-2-27-10-11-28-14-15-4-3-5-18(12-15)23-21(26)20-13-19(24-25-20)16-6-8-17(22)9-7-16/h3-9,12-13H,2,10-11,14H2,1H3,(H,23,26)(H,24,25). The highest BCUT2D eigenvalue weighted by molar-refractivity contribution is 9.10. The lowest BCUT2D eigenvalue weighted by atomic mass is 10.1. The van der Waals surface area contributed by atoms with Crippen molar-refractivity contribution in [1.29, 1.82) is 0 Å². The molecule has 6 nitrogen and oxygen atoms in total. The molecule has 0 radical (unpaired) electrons. The first-order valence-electron chi connectivity index (χ1n) is 9.03. The van der Waals surface area contributed by atoms with E-state index in [1.165, 1.54) is 0 Å². The molecule has 0 bridgehead atoms. The number of aromatic amines is 1. The van der Waals surface area contributed by atoms with Gasteiger partial charge in [-0.3, -0.25) is 9.89 Å². The van der Waals surface area contributed by atoms with Crippen molar-refractivity contribution in [3.05, 3.63) is 70.3 Å². The summed E-state index contributed by atoms with van der Waals surface area (Å²) in [5.74, 6) is -0.245. The summed E-state index contributed by atoms with van der Waals surface area (Å²) in [6.45, 7) is 4.22. The average Bonchev–Trinajstić information content (AvgIpc) is 3.19. The number of benzene rings is 2. The van der Waals surface area contributed by atoms with Crippen LogP contribution < -0.4 is 5.32 Å². The normalized spacial score (nSPS) is 10.8. The number of anilines is 1. The van der Waals surface area contributed by atoms with E-state index in [0.29, 0.717) is 43.5 Å². The van der Waals surface area contributed by atoms with E-state index in [1.54, 1.807) is 6.07 Å². The van der Waals surface area contributed by atoms with Gasteiger partial charge in [0.2, 0.25) is 0 Å². The molecule has 0 fully saturated rings. The Morgan fingerprint density at radius 1 is 1.11 bits per heavy atom. The summed E-state index contributed by atoms with van der Waals surface area (Å²) >= 11 is 3.41. The fourth-order valence-corrected chi connectivity index (χ4v) is 2.86. The number of hydrogen-bond acceptors (Lipinski definition) is 4. The van der Waals surface area contributed by atoms with Crippen LogP contribution in [0.15, 0.2) is 59.1 Å². The second-order valence-electron chi connectivity index (χ2n) is 6.08. The van der Waals surface area contributed by atoms with Gasteiger partial charge in [0.05, 0.1) is 25.5 Å². The quantitative estimate of drug-likeness (QED) is 0.472. The summed E-state index contributed by atoms with van der Waals surface area (Å²) < 4.78 is 11.8. The van der Waals surface area contributed by atoms with Crippen molar-refractivity contribution in [2.75, 3.05) is 25.1 Å². The first-order valence-corrected chi connectivity index (χ1v) is 9.82. The van der Waals surface area contributed by atoms with Crippen LogP contribution in [0.5, 0.6) is 0 Å². The number of nitrogens with one attached hydrogen (secondary N) is 2. The molecule has 2 N–H and O–H groups in total. The highest BCUT2D eigenvalue weighted by atomic mass is 79.9. The van der Waals surface area contributed by atoms with E-state index in [-0.39, 0.29) is 5.91 Å². The van der Waals surface area contributed by atoms with Crippen LogP contribution in [0.25, 0.3) is 11.3 Å². The molecule has 0 saturated heterocycles. The number of carbonyl (C=O) groups excluding carboxylic acids is 1. The molecular formula is C21H22BrN3O3. The summed E-state index contributed by atoms with van der Waals surface area (Å²) in [6, 6.07) is 17.1. The summed E-state index contributed by atoms with van der Waals surface area (Å²) in [6.07, 6.45) is 0. The number of halogens is 1. The summed E-state index contributed by atoms with van der Waals surface area (Å²) in [5.41, 5.74) is 3.74. The molecule has 28 heavy (non-hydrogen) atoms. The highest BCUT2D eigenvalue weighted by Gasteiger charge is 2.11. The van der Waals surface area contributed by atoms with Crippen molar-refractivity contribution in [2.24, 2.45) is 0 Å². The fraction of sp³-hybridized carbons (Fsp3) is 0.238. The predicted molar refractivity (Wildman–Crippen MR) is 112 cm³/mol. The Kier molecular flexibility index (Phi) is 7.36. The third-order valence-electron chi connectivity index (χ3n) is 3.99. The molecule has 3 aromatic rings. The van der Waals surface area contributed by atoms with Gasteiger partial charge in [-0.2, -0.15) is 5.10 Å². The smallest absolute Gasteiger partial charge is 0.273 e. The minimum absolute atomic E-state index is 0.245. The summed E-state index contributed by atoms with van der Waals surface area (Å²) in [5, 5.41) is 9.91. The molecule has 3 rings (SSSR count). The van der Waals surface area contributed by atoms with E-state index in [2.05, 4.69) is 31.4 Å². The van der Waals surface area contributed by atoms with Crippen LogP contribution in [0.2, 0.25) is 0 Å². The monoisotopic (exact) mass is 443 g/mol. The van der Waals surface area contributed by atoms with E-state index in [0.717, 1.165) is 15.6 Å². The second-order valence-corrected chi connectivity index (χ2v) is 6.99. The van der Waals surface area contributed by atoms with Crippen molar-refractivity contribution >= 4 is 27.5 Å². The van der Waals surface area contributed by atoms with E-state index < -0.39 is 0 Å². The Morgan fingerprint density at radius 3 is 2.68 bits per heavy atom. The number of ether oxygens (including phenoxy) is 2. The molecule has 7 heteroatoms. The lowest BCUT2D eigenvalue weighted by Crippen LogP contribution is -2.12. The zero-order chi connectivity index (χ0) is 19.8. The van der Waals surface area contributed by atoms with Crippen molar-refractivity contribution in [3.8, 4) is 11.3 Å². The molecule has 0 spiro atoms. The minimum atomic E-state index is -0.245. The van der Waals surface area contributed by atoms with Gasteiger partial charge in [-0.25, -0.2) is 0 Å². The third-order valence-corrected chi connectivity index (χ3v) is 4.52. The summed E-state index contributed by atoms with van der Waals surface area (Å²) in [7, 11) is 0. The van der Waals surface area contributed by atoms with E-state index in [1.807, 2.05) is 55.5 Å². The molecule has 0 saturated carbocycles. The predicted octanol–water partition coefficient (Wildman–Crippen LogP) is 4.64. The number of amides is 1. The topological polar surface area (TPSA) is 76.2 Å². The zero-order valence-electron chi connectivity index (χ0n) is 15.6. The molecule has 146 valence electrons. The van der Waals surface area contributed by atoms with Crippen LogP contribution in [-0.4, -0.2) is 35.9 Å². The molecule has 0 aliphatic heterocycles. The zero-order valence-corrected chi connectivity index (χ0v) is 17.2. The third kappa shape index (κ3) is 5.76. The van der Waals surface area contributed by atoms with Gasteiger partial charge in [-0.05, 0) is 42.8 Å². The lowest BCUT2D eigenvalue weighted by Gasteiger charge is -2.08. The van der Waals surface area contributed by atoms with Crippen molar-refractivity contribution < 1.29 is 14.3 Å².